The molecular weight excluding hydrogens is 348 g/mol. The van der Waals surface area contributed by atoms with Gasteiger partial charge in [-0.1, -0.05) is 24.3 Å². The van der Waals surface area contributed by atoms with Crippen LogP contribution < -0.4 is 5.32 Å². The van der Waals surface area contributed by atoms with E-state index >= 15 is 0 Å². The molecule has 1 amide bonds. The summed E-state index contributed by atoms with van der Waals surface area (Å²) in [5.74, 6) is -0.284. The average Bonchev–Trinajstić information content (AvgIpc) is 3.09. The summed E-state index contributed by atoms with van der Waals surface area (Å²) >= 11 is 0. The van der Waals surface area contributed by atoms with Crippen LogP contribution in [0.1, 0.15) is 46.4 Å². The number of benzene rings is 2. The molecule has 0 heterocycles. The largest absolute Gasteiger partial charge is 0.346 e. The van der Waals surface area contributed by atoms with Gasteiger partial charge in [0.05, 0.1) is 10.9 Å². The van der Waals surface area contributed by atoms with Gasteiger partial charge in [0.1, 0.15) is 0 Å². The van der Waals surface area contributed by atoms with Crippen LogP contribution >= 0.6 is 0 Å². The Labute approximate surface area is 155 Å². The molecule has 0 radical (unpaired) electrons. The molecule has 0 bridgehead atoms. The van der Waals surface area contributed by atoms with E-state index in [1.54, 1.807) is 12.1 Å². The second-order valence-corrected chi connectivity index (χ2v) is 9.04. The highest BCUT2D eigenvalue weighted by molar-refractivity contribution is 7.89. The van der Waals surface area contributed by atoms with Gasteiger partial charge in [0.25, 0.3) is 5.91 Å². The molecule has 1 aliphatic carbocycles. The Morgan fingerprint density at radius 1 is 1.08 bits per heavy atom. The minimum Gasteiger partial charge on any atom is -0.346 e. The van der Waals surface area contributed by atoms with Crippen molar-refractivity contribution in [1.82, 2.24) is 9.62 Å². The van der Waals surface area contributed by atoms with Gasteiger partial charge in [0.15, 0.2) is 0 Å². The van der Waals surface area contributed by atoms with E-state index in [1.165, 1.54) is 43.8 Å². The highest BCUT2D eigenvalue weighted by atomic mass is 32.2. The Morgan fingerprint density at radius 2 is 1.81 bits per heavy atom. The molecule has 26 heavy (non-hydrogen) atoms. The van der Waals surface area contributed by atoms with Crippen LogP contribution in [-0.2, 0) is 22.9 Å². The van der Waals surface area contributed by atoms with Crippen molar-refractivity contribution in [2.75, 3.05) is 14.1 Å². The molecule has 1 N–H and O–H groups in total. The maximum Gasteiger partial charge on any atom is 0.251 e. The van der Waals surface area contributed by atoms with E-state index in [4.69, 9.17) is 0 Å². The molecule has 0 aromatic heterocycles. The Morgan fingerprint density at radius 3 is 2.54 bits per heavy atom. The Hall–Kier alpha value is -2.18. The maximum absolute atomic E-state index is 12.6. The normalized spacial score (nSPS) is 14.9. The fourth-order valence-corrected chi connectivity index (χ4v) is 4.18. The van der Waals surface area contributed by atoms with E-state index in [0.29, 0.717) is 5.56 Å². The number of fused-ring (bicyclic) bond motifs is 1. The highest BCUT2D eigenvalue weighted by Gasteiger charge is 2.20. The Balaban J connectivity index is 1.78. The molecule has 0 saturated carbocycles. The lowest BCUT2D eigenvalue weighted by Crippen LogP contribution is -2.27. The van der Waals surface area contributed by atoms with Crippen LogP contribution in [0.4, 0.5) is 0 Å². The number of nitrogens with one attached hydrogen (secondary N) is 1. The van der Waals surface area contributed by atoms with Crippen molar-refractivity contribution in [2.45, 2.75) is 37.1 Å². The Bertz CT molecular complexity index is 936. The van der Waals surface area contributed by atoms with Gasteiger partial charge in [-0.2, -0.15) is 0 Å². The molecule has 2 aromatic rings. The van der Waals surface area contributed by atoms with E-state index in [1.807, 2.05) is 6.92 Å². The zero-order valence-corrected chi connectivity index (χ0v) is 16.1. The minimum atomic E-state index is -3.57. The number of carbonyl (C=O) groups is 1. The van der Waals surface area contributed by atoms with Gasteiger partial charge >= 0.3 is 0 Å². The van der Waals surface area contributed by atoms with Gasteiger partial charge in [0, 0.05) is 19.7 Å². The summed E-state index contributed by atoms with van der Waals surface area (Å²) in [6, 6.07) is 12.3. The summed E-state index contributed by atoms with van der Waals surface area (Å²) in [4.78, 5) is 12.7. The molecule has 6 heteroatoms. The van der Waals surface area contributed by atoms with Crippen LogP contribution in [0, 0.1) is 0 Å². The van der Waals surface area contributed by atoms with Gasteiger partial charge in [-0.15, -0.1) is 0 Å². The molecule has 138 valence electrons. The van der Waals surface area contributed by atoms with Gasteiger partial charge in [-0.25, -0.2) is 12.7 Å². The zero-order chi connectivity index (χ0) is 18.9. The van der Waals surface area contributed by atoms with Crippen molar-refractivity contribution >= 4 is 15.9 Å². The summed E-state index contributed by atoms with van der Waals surface area (Å²) in [5, 5.41) is 2.96. The van der Waals surface area contributed by atoms with Crippen molar-refractivity contribution in [3.8, 4) is 0 Å². The Kier molecular flexibility index (Phi) is 5.16. The standard InChI is InChI=1S/C20H24N2O3S/c1-14(16-11-10-15-6-4-7-17(15)12-16)21-20(23)18-8-5-9-19(13-18)26(24,25)22(2)3/h5,8-14H,4,6-7H2,1-3H3,(H,21,23). The van der Waals surface area contributed by atoms with Gasteiger partial charge < -0.3 is 5.32 Å². The zero-order valence-electron chi connectivity index (χ0n) is 15.3. The van der Waals surface area contributed by atoms with Gasteiger partial charge in [-0.3, -0.25) is 4.79 Å². The van der Waals surface area contributed by atoms with Crippen LogP contribution in [0.25, 0.3) is 0 Å². The smallest absolute Gasteiger partial charge is 0.251 e. The lowest BCUT2D eigenvalue weighted by Gasteiger charge is -2.16. The SMILES string of the molecule is CC(NC(=O)c1cccc(S(=O)(=O)N(C)C)c1)c1ccc2c(c1)CCC2. The van der Waals surface area contributed by atoms with Crippen molar-refractivity contribution in [3.05, 3.63) is 64.7 Å². The molecule has 0 aliphatic heterocycles. The van der Waals surface area contributed by atoms with Crippen molar-refractivity contribution < 1.29 is 13.2 Å². The predicted octanol–water partition coefficient (Wildman–Crippen LogP) is 2.92. The molecular formula is C20H24N2O3S. The number of nitrogens with zero attached hydrogens (tertiary/aromatic N) is 1. The number of carbonyl (C=O) groups excluding carboxylic acids is 1. The molecule has 3 rings (SSSR count). The number of hydrogen-bond donors (Lipinski definition) is 1. The van der Waals surface area contributed by atoms with Gasteiger partial charge in [0.2, 0.25) is 10.0 Å². The fourth-order valence-electron chi connectivity index (χ4n) is 3.23. The molecule has 5 nitrogen and oxygen atoms in total. The van der Waals surface area contributed by atoms with Crippen molar-refractivity contribution in [3.63, 3.8) is 0 Å². The third-order valence-electron chi connectivity index (χ3n) is 4.84. The molecule has 1 atom stereocenters. The molecule has 1 aliphatic rings. The second kappa shape index (κ2) is 7.21. The quantitative estimate of drug-likeness (QED) is 0.878. The number of aryl methyl sites for hydroxylation is 2. The molecule has 0 spiro atoms. The number of amides is 1. The van der Waals surface area contributed by atoms with Crippen LogP contribution in [0.15, 0.2) is 47.4 Å². The third-order valence-corrected chi connectivity index (χ3v) is 6.66. The van der Waals surface area contributed by atoms with Gasteiger partial charge in [-0.05, 0) is 61.1 Å². The summed E-state index contributed by atoms with van der Waals surface area (Å²) < 4.78 is 25.6. The molecule has 0 saturated heterocycles. The van der Waals surface area contributed by atoms with E-state index < -0.39 is 10.0 Å². The topological polar surface area (TPSA) is 66.5 Å². The van der Waals surface area contributed by atoms with E-state index in [2.05, 4.69) is 23.5 Å². The summed E-state index contributed by atoms with van der Waals surface area (Å²) in [5.41, 5.74) is 4.16. The van der Waals surface area contributed by atoms with E-state index in [9.17, 15) is 13.2 Å². The number of sulfonamides is 1. The lowest BCUT2D eigenvalue weighted by molar-refractivity contribution is 0.0939. The summed E-state index contributed by atoms with van der Waals surface area (Å²) in [6.07, 6.45) is 3.41. The highest BCUT2D eigenvalue weighted by Crippen LogP contribution is 2.25. The molecule has 2 aromatic carbocycles. The average molecular weight is 372 g/mol. The van der Waals surface area contributed by atoms with E-state index in [-0.39, 0.29) is 16.8 Å². The first-order chi connectivity index (χ1) is 12.3. The molecule has 0 fully saturated rings. The maximum atomic E-state index is 12.6. The summed E-state index contributed by atoms with van der Waals surface area (Å²) in [7, 11) is -0.627. The van der Waals surface area contributed by atoms with Crippen molar-refractivity contribution in [1.29, 1.82) is 0 Å². The second-order valence-electron chi connectivity index (χ2n) is 6.89. The number of rotatable bonds is 5. The minimum absolute atomic E-state index is 0.111. The van der Waals surface area contributed by atoms with Crippen LogP contribution in [-0.4, -0.2) is 32.7 Å². The van der Waals surface area contributed by atoms with Crippen molar-refractivity contribution in [2.24, 2.45) is 0 Å². The monoisotopic (exact) mass is 372 g/mol. The van der Waals surface area contributed by atoms with Crippen LogP contribution in [0.5, 0.6) is 0 Å². The number of hydrogen-bond acceptors (Lipinski definition) is 3. The lowest BCUT2D eigenvalue weighted by atomic mass is 10.0. The first kappa shape index (κ1) is 18.6. The molecule has 1 unspecified atom stereocenters. The predicted molar refractivity (Wildman–Crippen MR) is 102 cm³/mol. The third kappa shape index (κ3) is 3.66. The van der Waals surface area contributed by atoms with Crippen LogP contribution in [0.2, 0.25) is 0 Å². The van der Waals surface area contributed by atoms with E-state index in [0.717, 1.165) is 22.7 Å². The fraction of sp³-hybridized carbons (Fsp3) is 0.350. The first-order valence-corrected chi connectivity index (χ1v) is 10.2. The summed E-state index contributed by atoms with van der Waals surface area (Å²) in [6.45, 7) is 1.94. The van der Waals surface area contributed by atoms with Crippen LogP contribution in [0.3, 0.4) is 0 Å². The first-order valence-electron chi connectivity index (χ1n) is 8.74.